The number of pyridine rings is 1. The summed E-state index contributed by atoms with van der Waals surface area (Å²) in [4.78, 5) is 6.83. The summed E-state index contributed by atoms with van der Waals surface area (Å²) in [6.07, 6.45) is 1.82. The third-order valence-corrected chi connectivity index (χ3v) is 7.53. The minimum Gasteiger partial charge on any atom is -0.490 e. The van der Waals surface area contributed by atoms with Crippen LogP contribution in [0.2, 0.25) is 5.02 Å². The second-order valence-corrected chi connectivity index (χ2v) is 10.2. The molecule has 4 aromatic rings. The van der Waals surface area contributed by atoms with E-state index in [1.807, 2.05) is 42.6 Å². The van der Waals surface area contributed by atoms with Gasteiger partial charge in [-0.3, -0.25) is 4.98 Å². The van der Waals surface area contributed by atoms with Crippen molar-refractivity contribution in [2.75, 3.05) is 25.2 Å². The average Bonchev–Trinajstić information content (AvgIpc) is 3.41. The third-order valence-electron chi connectivity index (χ3n) is 6.92. The molecule has 38 heavy (non-hydrogen) atoms. The van der Waals surface area contributed by atoms with Crippen LogP contribution in [-0.2, 0) is 4.74 Å². The van der Waals surface area contributed by atoms with Crippen LogP contribution in [0.3, 0.4) is 0 Å². The highest BCUT2D eigenvalue weighted by molar-refractivity contribution is 7.80. The Morgan fingerprint density at radius 2 is 1.74 bits per heavy atom. The summed E-state index contributed by atoms with van der Waals surface area (Å²) in [5.74, 6) is 0.612. The van der Waals surface area contributed by atoms with Gasteiger partial charge in [0.2, 0.25) is 0 Å². The van der Waals surface area contributed by atoms with Gasteiger partial charge in [0, 0.05) is 36.1 Å². The number of aromatic nitrogens is 2. The first-order chi connectivity index (χ1) is 18.4. The lowest BCUT2D eigenvalue weighted by Crippen LogP contribution is -2.29. The second-order valence-electron chi connectivity index (χ2n) is 9.45. The largest absolute Gasteiger partial charge is 0.490 e. The zero-order valence-corrected chi connectivity index (χ0v) is 23.5. The van der Waals surface area contributed by atoms with E-state index in [1.54, 1.807) is 7.11 Å². The van der Waals surface area contributed by atoms with Gasteiger partial charge in [-0.1, -0.05) is 35.4 Å². The van der Waals surface area contributed by atoms with E-state index in [1.165, 1.54) is 11.1 Å². The summed E-state index contributed by atoms with van der Waals surface area (Å²) in [5, 5.41) is 4.68. The highest BCUT2D eigenvalue weighted by Crippen LogP contribution is 2.45. The van der Waals surface area contributed by atoms with Gasteiger partial charge in [-0.2, -0.15) is 0 Å². The van der Waals surface area contributed by atoms with Crippen LogP contribution in [0.15, 0.2) is 72.9 Å². The van der Waals surface area contributed by atoms with Crippen molar-refractivity contribution in [3.63, 3.8) is 0 Å². The summed E-state index contributed by atoms with van der Waals surface area (Å²) < 4.78 is 13.2. The Labute approximate surface area is 234 Å². The Balaban J connectivity index is 1.60. The molecule has 2 aromatic heterocycles. The molecule has 6 nitrogen and oxygen atoms in total. The number of thiocarbonyl (C=S) groups is 1. The van der Waals surface area contributed by atoms with Gasteiger partial charge < -0.3 is 24.3 Å². The van der Waals surface area contributed by atoms with Gasteiger partial charge in [0.15, 0.2) is 5.11 Å². The van der Waals surface area contributed by atoms with Crippen molar-refractivity contribution >= 4 is 34.6 Å². The molecule has 8 heteroatoms. The smallest absolute Gasteiger partial charge is 0.174 e. The maximum absolute atomic E-state index is 6.66. The third kappa shape index (κ3) is 5.01. The fourth-order valence-electron chi connectivity index (χ4n) is 5.12. The van der Waals surface area contributed by atoms with Crippen LogP contribution in [0, 0.1) is 20.8 Å². The summed E-state index contributed by atoms with van der Waals surface area (Å²) in [5.41, 5.74) is 7.64. The summed E-state index contributed by atoms with van der Waals surface area (Å²) in [6, 6.07) is 22.3. The average molecular weight is 547 g/mol. The van der Waals surface area contributed by atoms with Crippen molar-refractivity contribution in [2.24, 2.45) is 0 Å². The molecule has 1 aliphatic heterocycles. The summed E-state index contributed by atoms with van der Waals surface area (Å²) in [6.45, 7) is 7.32. The van der Waals surface area contributed by atoms with E-state index in [9.17, 15) is 0 Å². The lowest BCUT2D eigenvalue weighted by molar-refractivity contribution is 0.146. The fraction of sp³-hybridized carbons (Fsp3) is 0.267. The maximum atomic E-state index is 6.66. The molecule has 3 heterocycles. The number of aryl methyl sites for hydroxylation is 2. The number of nitrogens with zero attached hydrogens (tertiary/aromatic N) is 3. The number of halogens is 1. The van der Waals surface area contributed by atoms with Crippen molar-refractivity contribution in [1.82, 2.24) is 14.9 Å². The lowest BCUT2D eigenvalue weighted by atomic mass is 9.96. The minimum absolute atomic E-state index is 0.140. The van der Waals surface area contributed by atoms with Crippen molar-refractivity contribution in [1.29, 1.82) is 0 Å². The number of benzene rings is 2. The Bertz CT molecular complexity index is 1440. The molecule has 1 N–H and O–H groups in total. The molecule has 0 bridgehead atoms. The first-order valence-electron chi connectivity index (χ1n) is 12.6. The van der Waals surface area contributed by atoms with Crippen LogP contribution in [0.4, 0.5) is 5.69 Å². The lowest BCUT2D eigenvalue weighted by Gasteiger charge is -2.28. The quantitative estimate of drug-likeness (QED) is 0.197. The van der Waals surface area contributed by atoms with Crippen LogP contribution in [-0.4, -0.2) is 35.0 Å². The van der Waals surface area contributed by atoms with E-state index in [2.05, 4.69) is 70.9 Å². The molecule has 0 saturated carbocycles. The Kier molecular flexibility index (Phi) is 7.70. The number of rotatable bonds is 8. The molecule has 2 atom stereocenters. The van der Waals surface area contributed by atoms with E-state index in [4.69, 9.17) is 33.3 Å². The van der Waals surface area contributed by atoms with Crippen molar-refractivity contribution < 1.29 is 9.47 Å². The monoisotopic (exact) mass is 546 g/mol. The topological polar surface area (TPSA) is 51.6 Å². The van der Waals surface area contributed by atoms with Gasteiger partial charge in [0.25, 0.3) is 0 Å². The molecule has 2 aromatic carbocycles. The van der Waals surface area contributed by atoms with Gasteiger partial charge in [-0.25, -0.2) is 0 Å². The minimum atomic E-state index is -0.146. The zero-order chi connectivity index (χ0) is 26.8. The molecular weight excluding hydrogens is 516 g/mol. The van der Waals surface area contributed by atoms with Crippen molar-refractivity contribution in [2.45, 2.75) is 32.9 Å². The summed E-state index contributed by atoms with van der Waals surface area (Å²) in [7, 11) is 1.64. The van der Waals surface area contributed by atoms with Crippen LogP contribution < -0.4 is 15.0 Å². The number of hydrogen-bond acceptors (Lipinski definition) is 4. The molecule has 1 fully saturated rings. The van der Waals surface area contributed by atoms with Crippen LogP contribution in [0.5, 0.6) is 5.75 Å². The predicted molar refractivity (Wildman–Crippen MR) is 157 cm³/mol. The maximum Gasteiger partial charge on any atom is 0.174 e. The van der Waals surface area contributed by atoms with Gasteiger partial charge in [0.1, 0.15) is 12.4 Å². The normalized spacial score (nSPS) is 17.1. The van der Waals surface area contributed by atoms with Crippen LogP contribution in [0.1, 0.15) is 40.3 Å². The number of anilines is 1. The molecular formula is C30H31ClN4O2S. The number of nitrogens with one attached hydrogen (secondary N) is 1. The van der Waals surface area contributed by atoms with Crippen molar-refractivity contribution in [3.05, 3.63) is 106 Å². The number of ether oxygens (including phenoxy) is 2. The molecule has 1 saturated heterocycles. The standard InChI is InChI=1S/C30H31ClN4O2S/c1-19-8-10-22(11-9-19)34-20(2)17-24(21(34)3)29-28(26-7-5-6-14-32-26)33-30(38)35(29)23-12-13-27(25(31)18-23)37-16-15-36-4/h5-14,17-18,28-29H,15-16H2,1-4H3,(H,33,38)/t28-,29-/m1/s1. The molecule has 0 radical (unpaired) electrons. The SMILES string of the molecule is COCCOc1ccc(N2C(=S)N[C@H](c3ccccn3)[C@H]2c2cc(C)n(-c3ccc(C)cc3)c2C)cc1Cl. The molecule has 0 amide bonds. The van der Waals surface area contributed by atoms with Gasteiger partial charge >= 0.3 is 0 Å². The van der Waals surface area contributed by atoms with Gasteiger partial charge in [0.05, 0.1) is 29.4 Å². The number of methoxy groups -OCH3 is 1. The molecule has 1 aliphatic rings. The van der Waals surface area contributed by atoms with E-state index >= 15 is 0 Å². The van der Waals surface area contributed by atoms with E-state index in [0.717, 1.165) is 28.5 Å². The van der Waals surface area contributed by atoms with Gasteiger partial charge in [-0.15, -0.1) is 0 Å². The second kappa shape index (κ2) is 11.2. The van der Waals surface area contributed by atoms with Crippen LogP contribution >= 0.6 is 23.8 Å². The first-order valence-corrected chi connectivity index (χ1v) is 13.4. The zero-order valence-electron chi connectivity index (χ0n) is 21.9. The van der Waals surface area contributed by atoms with E-state index in [0.29, 0.717) is 29.1 Å². The fourth-order valence-corrected chi connectivity index (χ4v) is 5.69. The molecule has 0 aliphatic carbocycles. The van der Waals surface area contributed by atoms with Gasteiger partial charge in [-0.05, 0) is 87.1 Å². The molecule has 0 unspecified atom stereocenters. The first kappa shape index (κ1) is 26.2. The van der Waals surface area contributed by atoms with E-state index < -0.39 is 0 Å². The predicted octanol–water partition coefficient (Wildman–Crippen LogP) is 6.65. The highest BCUT2D eigenvalue weighted by Gasteiger charge is 2.42. The Morgan fingerprint density at radius 1 is 0.974 bits per heavy atom. The Hall–Kier alpha value is -3.39. The molecule has 5 rings (SSSR count). The summed E-state index contributed by atoms with van der Waals surface area (Å²) >= 11 is 12.6. The molecule has 196 valence electrons. The Morgan fingerprint density at radius 3 is 2.42 bits per heavy atom. The van der Waals surface area contributed by atoms with Crippen LogP contribution in [0.25, 0.3) is 5.69 Å². The van der Waals surface area contributed by atoms with E-state index in [-0.39, 0.29) is 12.1 Å². The molecule has 0 spiro atoms. The van der Waals surface area contributed by atoms with Crippen molar-refractivity contribution in [3.8, 4) is 11.4 Å². The number of hydrogen-bond donors (Lipinski definition) is 1. The highest BCUT2D eigenvalue weighted by atomic mass is 35.5.